The van der Waals surface area contributed by atoms with Crippen LogP contribution in [0.3, 0.4) is 0 Å². The Hall–Kier alpha value is -0.270. The van der Waals surface area contributed by atoms with E-state index in [0.29, 0.717) is 0 Å². The van der Waals surface area contributed by atoms with Crippen molar-refractivity contribution in [3.63, 3.8) is 0 Å². The van der Waals surface area contributed by atoms with Crippen LogP contribution in [0.1, 0.15) is 19.3 Å². The molecule has 0 aromatic carbocycles. The van der Waals surface area contributed by atoms with Gasteiger partial charge in [-0.15, -0.1) is 0 Å². The first kappa shape index (κ1) is 9.82. The first-order valence-corrected chi connectivity index (χ1v) is 4.98. The summed E-state index contributed by atoms with van der Waals surface area (Å²) in [6.07, 6.45) is 10.3. The van der Waals surface area contributed by atoms with Gasteiger partial charge in [0.1, 0.15) is 0 Å². The Morgan fingerprint density at radius 3 is 3.08 bits per heavy atom. The molecule has 1 nitrogen and oxygen atoms in total. The highest BCUT2D eigenvalue weighted by atomic mass is 35.5. The van der Waals surface area contributed by atoms with Crippen LogP contribution in [0.5, 0.6) is 0 Å². The zero-order chi connectivity index (χ0) is 8.65. The molecule has 2 heteroatoms. The quantitative estimate of drug-likeness (QED) is 0.525. The van der Waals surface area contributed by atoms with E-state index in [1.165, 1.54) is 19.3 Å². The Morgan fingerprint density at radius 1 is 1.50 bits per heavy atom. The maximum atomic E-state index is 5.39. The van der Waals surface area contributed by atoms with E-state index in [9.17, 15) is 0 Å². The van der Waals surface area contributed by atoms with E-state index in [-0.39, 0.29) is 0 Å². The summed E-state index contributed by atoms with van der Waals surface area (Å²) in [7, 11) is 0. The molecule has 0 bridgehead atoms. The minimum atomic E-state index is 0.832. The molecule has 0 saturated heterocycles. The van der Waals surface area contributed by atoms with E-state index in [0.717, 1.165) is 19.0 Å². The second kappa shape index (κ2) is 6.27. The summed E-state index contributed by atoms with van der Waals surface area (Å²) < 4.78 is 0. The molecule has 0 fully saturated rings. The fourth-order valence-corrected chi connectivity index (χ4v) is 1.55. The molecule has 0 spiro atoms. The minimum Gasteiger partial charge on any atom is -0.313 e. The van der Waals surface area contributed by atoms with Crippen molar-refractivity contribution in [1.82, 2.24) is 5.32 Å². The molecule has 1 aliphatic carbocycles. The molecule has 1 atom stereocenters. The Balaban J connectivity index is 2.02. The smallest absolute Gasteiger partial charge is 0.0146 e. The van der Waals surface area contributed by atoms with Crippen LogP contribution < -0.4 is 5.32 Å². The summed E-state index contributed by atoms with van der Waals surface area (Å²) in [4.78, 5) is 0. The number of allylic oxidation sites excluding steroid dienone is 2. The van der Waals surface area contributed by atoms with Crippen molar-refractivity contribution < 1.29 is 0 Å². The average molecular weight is 186 g/mol. The van der Waals surface area contributed by atoms with Gasteiger partial charge in [-0.25, -0.2) is 0 Å². The first-order valence-electron chi connectivity index (χ1n) is 4.54. The zero-order valence-corrected chi connectivity index (χ0v) is 8.06. The monoisotopic (exact) mass is 185 g/mol. The standard InChI is InChI=1S/C10H16ClN/c11-7-4-8-12-9-10-5-2-1-3-6-10/h1-2,4,7,10,12H,3,5-6,8-9H2/b7-4+. The molecule has 0 heterocycles. The van der Waals surface area contributed by atoms with Crippen molar-refractivity contribution in [2.45, 2.75) is 19.3 Å². The van der Waals surface area contributed by atoms with Crippen molar-refractivity contribution in [3.05, 3.63) is 23.8 Å². The number of halogens is 1. The van der Waals surface area contributed by atoms with Gasteiger partial charge in [-0.2, -0.15) is 0 Å². The molecule has 0 saturated carbocycles. The van der Waals surface area contributed by atoms with E-state index < -0.39 is 0 Å². The molecular weight excluding hydrogens is 170 g/mol. The zero-order valence-electron chi connectivity index (χ0n) is 7.30. The highest BCUT2D eigenvalue weighted by molar-refractivity contribution is 6.25. The van der Waals surface area contributed by atoms with Gasteiger partial charge >= 0.3 is 0 Å². The van der Waals surface area contributed by atoms with Gasteiger partial charge in [-0.3, -0.25) is 0 Å². The molecular formula is C10H16ClN. The molecule has 68 valence electrons. The molecule has 1 N–H and O–H groups in total. The lowest BCUT2D eigenvalue weighted by Crippen LogP contribution is -2.23. The van der Waals surface area contributed by atoms with Gasteiger partial charge in [-0.1, -0.05) is 29.8 Å². The molecule has 0 amide bonds. The van der Waals surface area contributed by atoms with E-state index in [2.05, 4.69) is 17.5 Å². The first-order chi connectivity index (χ1) is 5.93. The van der Waals surface area contributed by atoms with Gasteiger partial charge in [0.05, 0.1) is 0 Å². The van der Waals surface area contributed by atoms with E-state index in [1.54, 1.807) is 5.54 Å². The molecule has 0 aromatic rings. The van der Waals surface area contributed by atoms with Crippen LogP contribution in [-0.4, -0.2) is 13.1 Å². The SMILES string of the molecule is Cl/C=C/CNCC1CC=CCC1. The fraction of sp³-hybridized carbons (Fsp3) is 0.600. The molecule has 0 radical (unpaired) electrons. The van der Waals surface area contributed by atoms with Crippen molar-refractivity contribution >= 4 is 11.6 Å². The van der Waals surface area contributed by atoms with Gasteiger partial charge in [0.25, 0.3) is 0 Å². The summed E-state index contributed by atoms with van der Waals surface area (Å²) in [5, 5.41) is 3.35. The third kappa shape index (κ3) is 3.93. The molecule has 1 aliphatic rings. The normalized spacial score (nSPS) is 23.6. The van der Waals surface area contributed by atoms with E-state index in [1.807, 2.05) is 6.08 Å². The second-order valence-corrected chi connectivity index (χ2v) is 3.42. The summed E-state index contributed by atoms with van der Waals surface area (Å²) in [6, 6.07) is 0. The number of rotatable bonds is 4. The fourth-order valence-electron chi connectivity index (χ4n) is 1.46. The maximum absolute atomic E-state index is 5.39. The van der Waals surface area contributed by atoms with Crippen LogP contribution in [0, 0.1) is 5.92 Å². The third-order valence-electron chi connectivity index (χ3n) is 2.16. The highest BCUT2D eigenvalue weighted by Gasteiger charge is 2.07. The Kier molecular flexibility index (Phi) is 5.13. The lowest BCUT2D eigenvalue weighted by Gasteiger charge is -2.17. The van der Waals surface area contributed by atoms with Crippen molar-refractivity contribution in [2.75, 3.05) is 13.1 Å². The lowest BCUT2D eigenvalue weighted by molar-refractivity contribution is 0.451. The van der Waals surface area contributed by atoms with Crippen molar-refractivity contribution in [3.8, 4) is 0 Å². The number of hydrogen-bond donors (Lipinski definition) is 1. The van der Waals surface area contributed by atoms with Crippen molar-refractivity contribution in [2.24, 2.45) is 5.92 Å². The van der Waals surface area contributed by atoms with Gasteiger partial charge in [-0.05, 0) is 31.7 Å². The maximum Gasteiger partial charge on any atom is 0.0146 e. The topological polar surface area (TPSA) is 12.0 Å². The summed E-state index contributed by atoms with van der Waals surface area (Å²) in [5.41, 5.74) is 1.56. The Morgan fingerprint density at radius 2 is 2.42 bits per heavy atom. The number of nitrogens with one attached hydrogen (secondary N) is 1. The summed E-state index contributed by atoms with van der Waals surface area (Å²) >= 11 is 5.39. The molecule has 0 aromatic heterocycles. The molecule has 12 heavy (non-hydrogen) atoms. The lowest BCUT2D eigenvalue weighted by atomic mass is 9.94. The van der Waals surface area contributed by atoms with Gasteiger partial charge < -0.3 is 5.32 Å². The van der Waals surface area contributed by atoms with E-state index >= 15 is 0 Å². The predicted molar refractivity (Wildman–Crippen MR) is 54.3 cm³/mol. The Labute approximate surface area is 79.5 Å². The van der Waals surface area contributed by atoms with Crippen LogP contribution in [0.15, 0.2) is 23.8 Å². The average Bonchev–Trinajstić information content (AvgIpc) is 2.14. The van der Waals surface area contributed by atoms with Crippen molar-refractivity contribution in [1.29, 1.82) is 0 Å². The summed E-state index contributed by atoms with van der Waals surface area (Å²) in [6.45, 7) is 2.01. The van der Waals surface area contributed by atoms with Crippen LogP contribution in [-0.2, 0) is 0 Å². The molecule has 1 unspecified atom stereocenters. The second-order valence-electron chi connectivity index (χ2n) is 3.17. The summed E-state index contributed by atoms with van der Waals surface area (Å²) in [5.74, 6) is 0.832. The van der Waals surface area contributed by atoms with Crippen LogP contribution in [0.25, 0.3) is 0 Å². The van der Waals surface area contributed by atoms with Gasteiger partial charge in [0.2, 0.25) is 0 Å². The van der Waals surface area contributed by atoms with Crippen LogP contribution in [0.2, 0.25) is 0 Å². The molecule has 0 aliphatic heterocycles. The third-order valence-corrected chi connectivity index (χ3v) is 2.34. The largest absolute Gasteiger partial charge is 0.313 e. The molecule has 1 rings (SSSR count). The van der Waals surface area contributed by atoms with E-state index in [4.69, 9.17) is 11.6 Å². The minimum absolute atomic E-state index is 0.832. The van der Waals surface area contributed by atoms with Crippen LogP contribution in [0.4, 0.5) is 0 Å². The highest BCUT2D eigenvalue weighted by Crippen LogP contribution is 2.16. The van der Waals surface area contributed by atoms with Crippen LogP contribution >= 0.6 is 11.6 Å². The number of hydrogen-bond acceptors (Lipinski definition) is 1. The van der Waals surface area contributed by atoms with Gasteiger partial charge in [0, 0.05) is 12.1 Å². The predicted octanol–water partition coefficient (Wildman–Crippen LogP) is 2.68. The Bertz CT molecular complexity index is 163. The van der Waals surface area contributed by atoms with Gasteiger partial charge in [0.15, 0.2) is 0 Å².